The number of H-pyrrole nitrogens is 1. The quantitative estimate of drug-likeness (QED) is 0.556. The second-order valence-electron chi connectivity index (χ2n) is 6.74. The van der Waals surface area contributed by atoms with Crippen molar-refractivity contribution in [2.75, 3.05) is 36.8 Å². The number of amides is 1. The Hall–Kier alpha value is -2.32. The minimum Gasteiger partial charge on any atom is -0.368 e. The number of hydrogen-bond donors (Lipinski definition) is 1. The van der Waals surface area contributed by atoms with Gasteiger partial charge in [0.05, 0.1) is 17.6 Å². The number of carbonyl (C=O) groups is 1. The summed E-state index contributed by atoms with van der Waals surface area (Å²) in [6.07, 6.45) is 1.79. The fraction of sp³-hybridized carbons (Fsp3) is 0.238. The zero-order valence-corrected chi connectivity index (χ0v) is 18.0. The molecule has 1 fully saturated rings. The number of anilines is 1. The van der Waals surface area contributed by atoms with Crippen molar-refractivity contribution in [3.05, 3.63) is 65.0 Å². The lowest BCUT2D eigenvalue weighted by Gasteiger charge is -2.36. The van der Waals surface area contributed by atoms with Crippen LogP contribution in [0.5, 0.6) is 0 Å². The molecule has 0 unspecified atom stereocenters. The number of hydrogen-bond acceptors (Lipinski definition) is 4. The van der Waals surface area contributed by atoms with E-state index in [9.17, 15) is 9.18 Å². The molecule has 0 spiro atoms. The van der Waals surface area contributed by atoms with Gasteiger partial charge in [0, 0.05) is 36.3 Å². The Balaban J connectivity index is 1.27. The van der Waals surface area contributed by atoms with E-state index in [-0.39, 0.29) is 11.7 Å². The lowest BCUT2D eigenvalue weighted by atomic mass is 10.2. The third-order valence-electron chi connectivity index (χ3n) is 4.86. The van der Waals surface area contributed by atoms with Crippen molar-refractivity contribution in [1.29, 1.82) is 0 Å². The van der Waals surface area contributed by atoms with Crippen LogP contribution in [0.15, 0.2) is 64.4 Å². The molecule has 3 aromatic rings. The van der Waals surface area contributed by atoms with Crippen LogP contribution in [0.1, 0.15) is 0 Å². The minimum absolute atomic E-state index is 0.107. The van der Waals surface area contributed by atoms with Crippen molar-refractivity contribution in [2.24, 2.45) is 0 Å². The molecule has 29 heavy (non-hydrogen) atoms. The van der Waals surface area contributed by atoms with Crippen LogP contribution in [-0.2, 0) is 4.79 Å². The molecule has 5 nitrogen and oxygen atoms in total. The summed E-state index contributed by atoms with van der Waals surface area (Å²) in [5.41, 5.74) is 2.97. The maximum atomic E-state index is 13.1. The van der Waals surface area contributed by atoms with Gasteiger partial charge in [-0.3, -0.25) is 4.79 Å². The highest BCUT2D eigenvalue weighted by molar-refractivity contribution is 9.10. The molecular weight excluding hydrogens is 455 g/mol. The van der Waals surface area contributed by atoms with E-state index in [1.54, 1.807) is 18.3 Å². The Morgan fingerprint density at radius 2 is 1.76 bits per heavy atom. The van der Waals surface area contributed by atoms with Gasteiger partial charge in [-0.05, 0) is 42.0 Å². The number of carbonyl (C=O) groups excluding carboxylic acids is 1. The maximum absolute atomic E-state index is 13.1. The SMILES string of the molecule is O=C(CSc1ncc(-c2ccc(Br)cc2)[nH]1)N1CCN(c2ccc(F)cc2)CC1. The van der Waals surface area contributed by atoms with Gasteiger partial charge >= 0.3 is 0 Å². The first-order valence-electron chi connectivity index (χ1n) is 9.30. The second kappa shape index (κ2) is 9.00. The maximum Gasteiger partial charge on any atom is 0.233 e. The summed E-state index contributed by atoms with van der Waals surface area (Å²) in [6, 6.07) is 14.5. The molecule has 0 atom stereocenters. The number of benzene rings is 2. The number of nitrogens with zero attached hydrogens (tertiary/aromatic N) is 3. The molecule has 0 bridgehead atoms. The lowest BCUT2D eigenvalue weighted by molar-refractivity contribution is -0.128. The van der Waals surface area contributed by atoms with Gasteiger partial charge in [-0.15, -0.1) is 0 Å². The molecule has 1 aromatic heterocycles. The highest BCUT2D eigenvalue weighted by Crippen LogP contribution is 2.24. The molecule has 4 rings (SSSR count). The van der Waals surface area contributed by atoms with Crippen LogP contribution in [-0.4, -0.2) is 52.7 Å². The first-order valence-corrected chi connectivity index (χ1v) is 11.1. The number of nitrogens with one attached hydrogen (secondary N) is 1. The molecule has 0 radical (unpaired) electrons. The fourth-order valence-corrected chi connectivity index (χ4v) is 4.26. The van der Waals surface area contributed by atoms with Gasteiger partial charge in [0.2, 0.25) is 5.91 Å². The van der Waals surface area contributed by atoms with Crippen LogP contribution in [0, 0.1) is 5.82 Å². The molecule has 150 valence electrons. The summed E-state index contributed by atoms with van der Waals surface area (Å²) >= 11 is 4.85. The highest BCUT2D eigenvalue weighted by Gasteiger charge is 2.21. The van der Waals surface area contributed by atoms with Crippen LogP contribution in [0.3, 0.4) is 0 Å². The van der Waals surface area contributed by atoms with E-state index in [2.05, 4.69) is 30.8 Å². The Kier molecular flexibility index (Phi) is 6.20. The van der Waals surface area contributed by atoms with Crippen molar-refractivity contribution in [3.8, 4) is 11.3 Å². The van der Waals surface area contributed by atoms with E-state index in [1.807, 2.05) is 29.2 Å². The van der Waals surface area contributed by atoms with Gasteiger partial charge in [-0.25, -0.2) is 9.37 Å². The summed E-state index contributed by atoms with van der Waals surface area (Å²) in [7, 11) is 0. The predicted molar refractivity (Wildman–Crippen MR) is 118 cm³/mol. The Bertz CT molecular complexity index is 969. The smallest absolute Gasteiger partial charge is 0.233 e. The van der Waals surface area contributed by atoms with E-state index >= 15 is 0 Å². The van der Waals surface area contributed by atoms with E-state index in [0.717, 1.165) is 39.7 Å². The van der Waals surface area contributed by atoms with Crippen LogP contribution in [0.25, 0.3) is 11.3 Å². The van der Waals surface area contributed by atoms with Gasteiger partial charge in [0.25, 0.3) is 0 Å². The monoisotopic (exact) mass is 474 g/mol. The van der Waals surface area contributed by atoms with Gasteiger partial charge < -0.3 is 14.8 Å². The summed E-state index contributed by atoms with van der Waals surface area (Å²) in [5.74, 6) is 0.222. The topological polar surface area (TPSA) is 52.2 Å². The number of rotatable bonds is 5. The summed E-state index contributed by atoms with van der Waals surface area (Å²) in [5, 5.41) is 0.737. The summed E-state index contributed by atoms with van der Waals surface area (Å²) < 4.78 is 14.1. The first kappa shape index (κ1) is 20.0. The van der Waals surface area contributed by atoms with E-state index < -0.39 is 0 Å². The van der Waals surface area contributed by atoms with Gasteiger partial charge in [-0.1, -0.05) is 39.8 Å². The zero-order valence-electron chi connectivity index (χ0n) is 15.6. The average molecular weight is 475 g/mol. The Morgan fingerprint density at radius 3 is 2.45 bits per heavy atom. The van der Waals surface area contributed by atoms with Crippen molar-refractivity contribution >= 4 is 39.3 Å². The molecule has 1 N–H and O–H groups in total. The predicted octanol–water partition coefficient (Wildman–Crippen LogP) is 4.42. The normalized spacial score (nSPS) is 14.3. The molecular formula is C21H20BrFN4OS. The molecule has 2 heterocycles. The molecule has 2 aromatic carbocycles. The number of thioether (sulfide) groups is 1. The van der Waals surface area contributed by atoms with Crippen LogP contribution < -0.4 is 4.90 Å². The molecule has 8 heteroatoms. The van der Waals surface area contributed by atoms with E-state index in [4.69, 9.17) is 0 Å². The second-order valence-corrected chi connectivity index (χ2v) is 8.62. The standard InChI is InChI=1S/C21H20BrFN4OS/c22-16-3-1-15(2-4-16)19-13-24-21(25-19)29-14-20(28)27-11-9-26(10-12-27)18-7-5-17(23)6-8-18/h1-8,13H,9-12,14H2,(H,24,25). The number of imidazole rings is 1. The molecule has 1 aliphatic heterocycles. The number of aromatic amines is 1. The van der Waals surface area contributed by atoms with Crippen molar-refractivity contribution in [2.45, 2.75) is 5.16 Å². The third-order valence-corrected chi connectivity index (χ3v) is 6.27. The zero-order chi connectivity index (χ0) is 20.2. The van der Waals surface area contributed by atoms with Crippen molar-refractivity contribution < 1.29 is 9.18 Å². The molecule has 0 saturated carbocycles. The number of halogens is 2. The lowest BCUT2D eigenvalue weighted by Crippen LogP contribution is -2.49. The summed E-state index contributed by atoms with van der Waals surface area (Å²) in [6.45, 7) is 2.82. The molecule has 0 aliphatic carbocycles. The van der Waals surface area contributed by atoms with Crippen LogP contribution >= 0.6 is 27.7 Å². The summed E-state index contributed by atoms with van der Waals surface area (Å²) in [4.78, 5) is 24.3. The van der Waals surface area contributed by atoms with Crippen molar-refractivity contribution in [1.82, 2.24) is 14.9 Å². The molecule has 1 saturated heterocycles. The Morgan fingerprint density at radius 1 is 1.07 bits per heavy atom. The Labute approximate surface area is 181 Å². The fourth-order valence-electron chi connectivity index (χ4n) is 3.24. The van der Waals surface area contributed by atoms with E-state index in [0.29, 0.717) is 18.8 Å². The number of aromatic nitrogens is 2. The van der Waals surface area contributed by atoms with E-state index in [1.165, 1.54) is 23.9 Å². The van der Waals surface area contributed by atoms with Crippen LogP contribution in [0.4, 0.5) is 10.1 Å². The minimum atomic E-state index is -0.235. The van der Waals surface area contributed by atoms with Gasteiger partial charge in [0.1, 0.15) is 5.82 Å². The number of piperazine rings is 1. The van der Waals surface area contributed by atoms with Gasteiger partial charge in [0.15, 0.2) is 5.16 Å². The average Bonchev–Trinajstić information content (AvgIpc) is 3.22. The van der Waals surface area contributed by atoms with Gasteiger partial charge in [-0.2, -0.15) is 0 Å². The molecule has 1 aliphatic rings. The largest absolute Gasteiger partial charge is 0.368 e. The third kappa shape index (κ3) is 5.00. The highest BCUT2D eigenvalue weighted by atomic mass is 79.9. The van der Waals surface area contributed by atoms with Crippen LogP contribution in [0.2, 0.25) is 0 Å². The molecule has 1 amide bonds. The van der Waals surface area contributed by atoms with Crippen molar-refractivity contribution in [3.63, 3.8) is 0 Å². The first-order chi connectivity index (χ1) is 14.1.